The third kappa shape index (κ3) is 4.97. The number of alkyl halides is 3. The van der Waals surface area contributed by atoms with Gasteiger partial charge in [0.2, 0.25) is 0 Å². The highest BCUT2D eigenvalue weighted by molar-refractivity contribution is 5.96. The van der Waals surface area contributed by atoms with E-state index in [1.54, 1.807) is 13.0 Å². The van der Waals surface area contributed by atoms with Gasteiger partial charge in [-0.2, -0.15) is 13.2 Å². The van der Waals surface area contributed by atoms with E-state index in [4.69, 9.17) is 4.74 Å². The van der Waals surface area contributed by atoms with Crippen molar-refractivity contribution in [1.29, 1.82) is 0 Å². The summed E-state index contributed by atoms with van der Waals surface area (Å²) < 4.78 is 42.1. The third-order valence-electron chi connectivity index (χ3n) is 3.20. The van der Waals surface area contributed by atoms with Crippen LogP contribution in [0.4, 0.5) is 18.9 Å². The first-order valence-corrected chi connectivity index (χ1v) is 7.10. The minimum Gasteiger partial charge on any atom is -0.507 e. The summed E-state index contributed by atoms with van der Waals surface area (Å²) in [4.78, 5) is 23.6. The number of esters is 1. The minimum atomic E-state index is -4.46. The number of ether oxygens (including phenoxy) is 1. The molecule has 2 aromatic rings. The third-order valence-corrected chi connectivity index (χ3v) is 3.20. The highest BCUT2D eigenvalue weighted by Crippen LogP contribution is 2.29. The Morgan fingerprint density at radius 1 is 1.12 bits per heavy atom. The molecule has 132 valence electrons. The van der Waals surface area contributed by atoms with Crippen LogP contribution in [-0.4, -0.2) is 23.6 Å². The number of hydrogen-bond acceptors (Lipinski definition) is 4. The van der Waals surface area contributed by atoms with E-state index in [9.17, 15) is 27.9 Å². The molecular weight excluding hydrogens is 339 g/mol. The average Bonchev–Trinajstić information content (AvgIpc) is 2.54. The second kappa shape index (κ2) is 7.25. The highest BCUT2D eigenvalue weighted by Gasteiger charge is 2.30. The molecule has 2 aromatic carbocycles. The van der Waals surface area contributed by atoms with Gasteiger partial charge in [-0.05, 0) is 43.3 Å². The molecule has 25 heavy (non-hydrogen) atoms. The lowest BCUT2D eigenvalue weighted by molar-refractivity contribution is -0.137. The Hall–Kier alpha value is -3.03. The number of carbonyl (C=O) groups excluding carboxylic acids is 2. The van der Waals surface area contributed by atoms with Crippen LogP contribution in [0.3, 0.4) is 0 Å². The predicted molar refractivity (Wildman–Crippen MR) is 83.2 cm³/mol. The molecule has 8 heteroatoms. The summed E-state index contributed by atoms with van der Waals surface area (Å²) in [6.07, 6.45) is -4.46. The maximum atomic E-state index is 12.4. The largest absolute Gasteiger partial charge is 0.507 e. The molecule has 0 saturated heterocycles. The van der Waals surface area contributed by atoms with Crippen LogP contribution in [0.1, 0.15) is 21.5 Å². The molecule has 0 bridgehead atoms. The van der Waals surface area contributed by atoms with Crippen LogP contribution in [0.15, 0.2) is 42.5 Å². The molecule has 0 fully saturated rings. The summed E-state index contributed by atoms with van der Waals surface area (Å²) in [5, 5.41) is 11.9. The van der Waals surface area contributed by atoms with E-state index in [0.717, 1.165) is 29.8 Å². The van der Waals surface area contributed by atoms with Gasteiger partial charge in [-0.25, -0.2) is 4.79 Å². The van der Waals surface area contributed by atoms with Crippen molar-refractivity contribution >= 4 is 17.6 Å². The van der Waals surface area contributed by atoms with Crippen molar-refractivity contribution in [2.75, 3.05) is 11.9 Å². The molecule has 0 spiro atoms. The number of rotatable bonds is 4. The van der Waals surface area contributed by atoms with E-state index in [-0.39, 0.29) is 17.0 Å². The first kappa shape index (κ1) is 18.3. The number of aryl methyl sites for hydroxylation is 1. The van der Waals surface area contributed by atoms with Crippen molar-refractivity contribution in [3.05, 3.63) is 59.2 Å². The molecule has 2 N–H and O–H groups in total. The van der Waals surface area contributed by atoms with Crippen molar-refractivity contribution in [2.24, 2.45) is 0 Å². The summed E-state index contributed by atoms with van der Waals surface area (Å²) in [7, 11) is 0. The molecule has 0 radical (unpaired) electrons. The fourth-order valence-corrected chi connectivity index (χ4v) is 1.96. The van der Waals surface area contributed by atoms with Crippen LogP contribution >= 0.6 is 0 Å². The van der Waals surface area contributed by atoms with Gasteiger partial charge in [0, 0.05) is 5.69 Å². The zero-order valence-electron chi connectivity index (χ0n) is 13.1. The zero-order valence-corrected chi connectivity index (χ0v) is 13.1. The van der Waals surface area contributed by atoms with Crippen molar-refractivity contribution < 1.29 is 32.6 Å². The first-order valence-electron chi connectivity index (χ1n) is 7.10. The maximum absolute atomic E-state index is 12.4. The van der Waals surface area contributed by atoms with Gasteiger partial charge in [-0.15, -0.1) is 0 Å². The topological polar surface area (TPSA) is 75.6 Å². The Labute approximate surface area is 141 Å². The van der Waals surface area contributed by atoms with Crippen LogP contribution in [0.2, 0.25) is 0 Å². The molecule has 0 atom stereocenters. The van der Waals surface area contributed by atoms with Crippen LogP contribution < -0.4 is 5.32 Å². The van der Waals surface area contributed by atoms with Gasteiger partial charge in [0.25, 0.3) is 5.91 Å². The number of nitrogens with one attached hydrogen (secondary N) is 1. The van der Waals surface area contributed by atoms with Crippen LogP contribution in [0, 0.1) is 6.92 Å². The number of hydrogen-bond donors (Lipinski definition) is 2. The Kier molecular flexibility index (Phi) is 5.31. The fourth-order valence-electron chi connectivity index (χ4n) is 1.96. The molecule has 0 aliphatic carbocycles. The highest BCUT2D eigenvalue weighted by atomic mass is 19.4. The van der Waals surface area contributed by atoms with Crippen LogP contribution in [0.25, 0.3) is 0 Å². The lowest BCUT2D eigenvalue weighted by Crippen LogP contribution is -2.21. The van der Waals surface area contributed by atoms with Crippen molar-refractivity contribution in [3.63, 3.8) is 0 Å². The van der Waals surface area contributed by atoms with Gasteiger partial charge in [-0.3, -0.25) is 4.79 Å². The molecule has 0 aromatic heterocycles. The molecule has 0 saturated carbocycles. The number of phenols is 1. The van der Waals surface area contributed by atoms with Gasteiger partial charge in [-0.1, -0.05) is 11.6 Å². The van der Waals surface area contributed by atoms with Gasteiger partial charge in [0.05, 0.1) is 5.56 Å². The maximum Gasteiger partial charge on any atom is 0.416 e. The van der Waals surface area contributed by atoms with Gasteiger partial charge in [0.15, 0.2) is 6.61 Å². The average molecular weight is 353 g/mol. The molecule has 0 aliphatic rings. The number of benzene rings is 2. The Morgan fingerprint density at radius 2 is 1.76 bits per heavy atom. The molecule has 1 amide bonds. The number of halogens is 3. The summed E-state index contributed by atoms with van der Waals surface area (Å²) in [5.74, 6) is -1.89. The molecule has 0 aliphatic heterocycles. The number of amides is 1. The van der Waals surface area contributed by atoms with E-state index in [0.29, 0.717) is 0 Å². The van der Waals surface area contributed by atoms with E-state index < -0.39 is 30.2 Å². The smallest absolute Gasteiger partial charge is 0.416 e. The minimum absolute atomic E-state index is 0.0812. The Morgan fingerprint density at radius 3 is 2.36 bits per heavy atom. The monoisotopic (exact) mass is 353 g/mol. The van der Waals surface area contributed by atoms with Gasteiger partial charge in [0.1, 0.15) is 11.3 Å². The lowest BCUT2D eigenvalue weighted by Gasteiger charge is -2.10. The van der Waals surface area contributed by atoms with Crippen LogP contribution in [0.5, 0.6) is 5.75 Å². The summed E-state index contributed by atoms with van der Waals surface area (Å²) in [6.45, 7) is 1.07. The Bertz CT molecular complexity index is 785. The second-order valence-corrected chi connectivity index (χ2v) is 5.22. The molecule has 0 heterocycles. The van der Waals surface area contributed by atoms with Crippen molar-refractivity contribution in [3.8, 4) is 5.75 Å². The normalized spacial score (nSPS) is 11.0. The van der Waals surface area contributed by atoms with Gasteiger partial charge < -0.3 is 15.2 Å². The second-order valence-electron chi connectivity index (χ2n) is 5.22. The van der Waals surface area contributed by atoms with Crippen molar-refractivity contribution in [2.45, 2.75) is 13.1 Å². The zero-order chi connectivity index (χ0) is 18.6. The number of aromatic hydroxyl groups is 1. The van der Waals surface area contributed by atoms with E-state index >= 15 is 0 Å². The van der Waals surface area contributed by atoms with Gasteiger partial charge >= 0.3 is 12.1 Å². The first-order chi connectivity index (χ1) is 11.7. The predicted octanol–water partition coefficient (Wildman–Crippen LogP) is 3.51. The van der Waals surface area contributed by atoms with E-state index in [2.05, 4.69) is 5.32 Å². The molecule has 5 nitrogen and oxygen atoms in total. The quantitative estimate of drug-likeness (QED) is 0.825. The van der Waals surface area contributed by atoms with E-state index in [1.807, 2.05) is 0 Å². The summed E-state index contributed by atoms with van der Waals surface area (Å²) >= 11 is 0. The molecule has 2 rings (SSSR count). The summed E-state index contributed by atoms with van der Waals surface area (Å²) in [5.41, 5.74) is -0.0689. The molecular formula is C17H14F3NO4. The summed E-state index contributed by atoms with van der Waals surface area (Å²) in [6, 6.07) is 8.17. The number of anilines is 1. The number of carbonyl (C=O) groups is 2. The number of phenolic OH excluding ortho intramolecular Hbond substituents is 1. The SMILES string of the molecule is Cc1ccc(O)c(C(=O)OCC(=O)Nc2ccc(C(F)(F)F)cc2)c1. The van der Waals surface area contributed by atoms with E-state index in [1.165, 1.54) is 12.1 Å². The molecule has 0 unspecified atom stereocenters. The van der Waals surface area contributed by atoms with Crippen LogP contribution in [-0.2, 0) is 15.7 Å². The standard InChI is InChI=1S/C17H14F3NO4/c1-10-2-7-14(22)13(8-10)16(24)25-9-15(23)21-12-5-3-11(4-6-12)17(18,19)20/h2-8,22H,9H2,1H3,(H,21,23). The Balaban J connectivity index is 1.92. The van der Waals surface area contributed by atoms with Crippen molar-refractivity contribution in [1.82, 2.24) is 0 Å². The fraction of sp³-hybridized carbons (Fsp3) is 0.176. The lowest BCUT2D eigenvalue weighted by atomic mass is 10.1.